The number of carbonyl (C=O) groups excluding carboxylic acids is 1. The first kappa shape index (κ1) is 21.5. The molecule has 0 radical (unpaired) electrons. The van der Waals surface area contributed by atoms with Crippen LogP contribution in [-0.4, -0.2) is 32.6 Å². The number of halogens is 1. The Balaban J connectivity index is 1.82. The fraction of sp³-hybridized carbons (Fsp3) is 0.292. The number of aromatic nitrogens is 3. The van der Waals surface area contributed by atoms with E-state index in [2.05, 4.69) is 38.9 Å². The highest BCUT2D eigenvalue weighted by molar-refractivity contribution is 7.12. The zero-order chi connectivity index (χ0) is 22.3. The van der Waals surface area contributed by atoms with E-state index in [1.54, 1.807) is 22.4 Å². The number of fused-ring (bicyclic) bond motifs is 1. The van der Waals surface area contributed by atoms with E-state index in [0.29, 0.717) is 17.1 Å². The third kappa shape index (κ3) is 4.23. The van der Waals surface area contributed by atoms with E-state index in [9.17, 15) is 4.79 Å². The Morgan fingerprint density at radius 3 is 2.65 bits per heavy atom. The molecule has 4 rings (SSSR count). The molecule has 5 nitrogen and oxygen atoms in total. The lowest BCUT2D eigenvalue weighted by molar-refractivity contribution is 0.0787. The van der Waals surface area contributed by atoms with Crippen LogP contribution in [-0.2, 0) is 6.54 Å². The van der Waals surface area contributed by atoms with Crippen molar-refractivity contribution in [2.24, 2.45) is 0 Å². The first-order valence-electron chi connectivity index (χ1n) is 10.2. The van der Waals surface area contributed by atoms with Crippen LogP contribution in [0.25, 0.3) is 22.3 Å². The van der Waals surface area contributed by atoms with Crippen molar-refractivity contribution in [3.8, 4) is 11.3 Å². The molecule has 4 aromatic rings. The maximum atomic E-state index is 13.5. The van der Waals surface area contributed by atoms with Gasteiger partial charge in [0, 0.05) is 40.0 Å². The fourth-order valence-electron chi connectivity index (χ4n) is 3.78. The minimum atomic E-state index is -0.0680. The topological polar surface area (TPSA) is 51.0 Å². The number of thiophene rings is 1. The second kappa shape index (κ2) is 8.44. The molecule has 0 N–H and O–H groups in total. The van der Waals surface area contributed by atoms with E-state index in [0.717, 1.165) is 27.9 Å². The van der Waals surface area contributed by atoms with Crippen LogP contribution in [0.2, 0.25) is 5.02 Å². The van der Waals surface area contributed by atoms with E-state index >= 15 is 0 Å². The van der Waals surface area contributed by atoms with Crippen LogP contribution in [0, 0.1) is 13.8 Å². The van der Waals surface area contributed by atoms with Crippen LogP contribution in [0.4, 0.5) is 0 Å². The lowest BCUT2D eigenvalue weighted by Crippen LogP contribution is -2.26. The standard InChI is InChI=1S/C24H25ClN4OS/c1-14(2)29-23-21(12-26-29)20(11-22(27-23)19-9-15(3)31-16(19)4)24(30)28(5)13-17-7-6-8-18(25)10-17/h6-12,14H,13H2,1-5H3. The molecule has 3 heterocycles. The molecule has 1 aromatic carbocycles. The number of amides is 1. The Kier molecular flexibility index (Phi) is 5.86. The van der Waals surface area contributed by atoms with Gasteiger partial charge in [0.05, 0.1) is 22.8 Å². The average Bonchev–Trinajstić information content (AvgIpc) is 3.29. The largest absolute Gasteiger partial charge is 0.337 e. The molecule has 7 heteroatoms. The molecular formula is C24H25ClN4OS. The van der Waals surface area contributed by atoms with Crippen molar-refractivity contribution in [3.05, 3.63) is 68.5 Å². The predicted octanol–water partition coefficient (Wildman–Crippen LogP) is 6.28. The van der Waals surface area contributed by atoms with Crippen LogP contribution < -0.4 is 0 Å². The predicted molar refractivity (Wildman–Crippen MR) is 128 cm³/mol. The van der Waals surface area contributed by atoms with Gasteiger partial charge in [-0.3, -0.25) is 4.79 Å². The quantitative estimate of drug-likeness (QED) is 0.358. The lowest BCUT2D eigenvalue weighted by atomic mass is 10.1. The highest BCUT2D eigenvalue weighted by atomic mass is 35.5. The van der Waals surface area contributed by atoms with Crippen molar-refractivity contribution in [2.45, 2.75) is 40.3 Å². The monoisotopic (exact) mass is 452 g/mol. The van der Waals surface area contributed by atoms with E-state index in [-0.39, 0.29) is 11.9 Å². The molecule has 0 saturated heterocycles. The Morgan fingerprint density at radius 1 is 1.23 bits per heavy atom. The van der Waals surface area contributed by atoms with Gasteiger partial charge in [0.25, 0.3) is 5.91 Å². The Morgan fingerprint density at radius 2 is 2.00 bits per heavy atom. The van der Waals surface area contributed by atoms with Crippen LogP contribution in [0.15, 0.2) is 42.6 Å². The molecule has 0 aliphatic heterocycles. The third-order valence-corrected chi connectivity index (χ3v) is 6.46. The van der Waals surface area contributed by atoms with Gasteiger partial charge in [0.15, 0.2) is 5.65 Å². The number of carbonyl (C=O) groups is 1. The minimum Gasteiger partial charge on any atom is -0.337 e. The summed E-state index contributed by atoms with van der Waals surface area (Å²) < 4.78 is 1.88. The van der Waals surface area contributed by atoms with Gasteiger partial charge in [-0.1, -0.05) is 23.7 Å². The van der Waals surface area contributed by atoms with Crippen molar-refractivity contribution in [2.75, 3.05) is 7.05 Å². The average molecular weight is 453 g/mol. The number of hydrogen-bond donors (Lipinski definition) is 0. The molecule has 0 spiro atoms. The van der Waals surface area contributed by atoms with Crippen molar-refractivity contribution in [1.29, 1.82) is 0 Å². The normalized spacial score (nSPS) is 11.5. The summed E-state index contributed by atoms with van der Waals surface area (Å²) in [6, 6.07) is 11.8. The minimum absolute atomic E-state index is 0.0680. The van der Waals surface area contributed by atoms with Gasteiger partial charge >= 0.3 is 0 Å². The van der Waals surface area contributed by atoms with Gasteiger partial charge in [-0.05, 0) is 57.5 Å². The zero-order valence-electron chi connectivity index (χ0n) is 18.3. The van der Waals surface area contributed by atoms with Crippen LogP contribution in [0.1, 0.15) is 45.6 Å². The van der Waals surface area contributed by atoms with Crippen LogP contribution in [0.3, 0.4) is 0 Å². The molecule has 0 aliphatic carbocycles. The zero-order valence-corrected chi connectivity index (χ0v) is 19.9. The number of aryl methyl sites for hydroxylation is 2. The van der Waals surface area contributed by atoms with E-state index < -0.39 is 0 Å². The molecule has 0 atom stereocenters. The SMILES string of the molecule is Cc1cc(-c2cc(C(=O)N(C)Cc3cccc(Cl)c3)c3cnn(C(C)C)c3n2)c(C)s1. The molecule has 0 aliphatic rings. The molecule has 0 saturated carbocycles. The summed E-state index contributed by atoms with van der Waals surface area (Å²) in [5, 5.41) is 5.95. The molecule has 0 fully saturated rings. The van der Waals surface area contributed by atoms with E-state index in [1.807, 2.05) is 42.1 Å². The van der Waals surface area contributed by atoms with E-state index in [4.69, 9.17) is 16.6 Å². The van der Waals surface area contributed by atoms with Gasteiger partial charge in [-0.25, -0.2) is 9.67 Å². The number of rotatable bonds is 5. The Labute approximate surface area is 191 Å². The second-order valence-electron chi connectivity index (χ2n) is 8.09. The maximum absolute atomic E-state index is 13.5. The summed E-state index contributed by atoms with van der Waals surface area (Å²) in [6.07, 6.45) is 1.75. The molecule has 1 amide bonds. The maximum Gasteiger partial charge on any atom is 0.254 e. The smallest absolute Gasteiger partial charge is 0.254 e. The highest BCUT2D eigenvalue weighted by Gasteiger charge is 2.22. The van der Waals surface area contributed by atoms with Crippen molar-refractivity contribution in [1.82, 2.24) is 19.7 Å². The van der Waals surface area contributed by atoms with Crippen molar-refractivity contribution in [3.63, 3.8) is 0 Å². The number of hydrogen-bond acceptors (Lipinski definition) is 4. The van der Waals surface area contributed by atoms with Gasteiger partial charge in [0.1, 0.15) is 0 Å². The molecule has 31 heavy (non-hydrogen) atoms. The first-order chi connectivity index (χ1) is 14.7. The Bertz CT molecular complexity index is 1270. The van der Waals surface area contributed by atoms with Gasteiger partial charge < -0.3 is 4.90 Å². The molecule has 0 unspecified atom stereocenters. The van der Waals surface area contributed by atoms with E-state index in [1.165, 1.54) is 9.75 Å². The highest BCUT2D eigenvalue weighted by Crippen LogP contribution is 2.33. The first-order valence-corrected chi connectivity index (χ1v) is 11.4. The molecule has 3 aromatic heterocycles. The van der Waals surface area contributed by atoms with Gasteiger partial charge in [-0.15, -0.1) is 11.3 Å². The summed E-state index contributed by atoms with van der Waals surface area (Å²) >= 11 is 7.85. The van der Waals surface area contributed by atoms with Crippen LogP contribution >= 0.6 is 22.9 Å². The van der Waals surface area contributed by atoms with Gasteiger partial charge in [0.2, 0.25) is 0 Å². The number of nitrogens with zero attached hydrogens (tertiary/aromatic N) is 4. The number of benzene rings is 1. The molecule has 160 valence electrons. The summed E-state index contributed by atoms with van der Waals surface area (Å²) in [5.74, 6) is -0.0680. The second-order valence-corrected chi connectivity index (χ2v) is 9.99. The molecular weight excluding hydrogens is 428 g/mol. The molecule has 0 bridgehead atoms. The van der Waals surface area contributed by atoms with Gasteiger partial charge in [-0.2, -0.15) is 5.10 Å². The van der Waals surface area contributed by atoms with Crippen LogP contribution in [0.5, 0.6) is 0 Å². The summed E-state index contributed by atoms with van der Waals surface area (Å²) in [6.45, 7) is 8.77. The number of pyridine rings is 1. The summed E-state index contributed by atoms with van der Waals surface area (Å²) in [4.78, 5) is 22.6. The summed E-state index contributed by atoms with van der Waals surface area (Å²) in [5.41, 5.74) is 4.19. The van der Waals surface area contributed by atoms with Crippen molar-refractivity contribution < 1.29 is 4.79 Å². The fourth-order valence-corrected chi connectivity index (χ4v) is 4.93. The summed E-state index contributed by atoms with van der Waals surface area (Å²) in [7, 11) is 1.81. The Hall–Kier alpha value is -2.70. The van der Waals surface area contributed by atoms with Crippen molar-refractivity contribution >= 4 is 39.9 Å². The lowest BCUT2D eigenvalue weighted by Gasteiger charge is -2.19. The third-order valence-electron chi connectivity index (χ3n) is 5.26.